The van der Waals surface area contributed by atoms with Gasteiger partial charge < -0.3 is 15.5 Å². The van der Waals surface area contributed by atoms with Crippen molar-refractivity contribution in [2.75, 3.05) is 32.1 Å². The third kappa shape index (κ3) is 3.50. The lowest BCUT2D eigenvalue weighted by molar-refractivity contribution is 0.314. The van der Waals surface area contributed by atoms with E-state index in [1.807, 2.05) is 6.92 Å². The van der Waals surface area contributed by atoms with Gasteiger partial charge in [-0.05, 0) is 57.1 Å². The predicted molar refractivity (Wildman–Crippen MR) is 85.7 cm³/mol. The number of benzene rings is 1. The molecule has 1 aromatic rings. The number of likely N-dealkylation sites (tertiary alicyclic amines) is 1. The number of rotatable bonds is 4. The monoisotopic (exact) mass is 325 g/mol. The zero-order valence-electron chi connectivity index (χ0n) is 12.1. The molecule has 0 aliphatic carbocycles. The van der Waals surface area contributed by atoms with Crippen LogP contribution in [0.1, 0.15) is 31.4 Å². The minimum Gasteiger partial charge on any atom is -0.373 e. The first-order valence-corrected chi connectivity index (χ1v) is 7.74. The number of nitrogens with two attached hydrogens (primary N) is 1. The van der Waals surface area contributed by atoms with Crippen molar-refractivity contribution in [1.29, 1.82) is 0 Å². The SMILES string of the molecule is CC(N)c1cc(Br)ccc1N(C)CC1CCCN1C. The molecule has 0 bridgehead atoms. The largest absolute Gasteiger partial charge is 0.373 e. The molecule has 1 aromatic carbocycles. The smallest absolute Gasteiger partial charge is 0.0413 e. The van der Waals surface area contributed by atoms with Gasteiger partial charge in [0.05, 0.1) is 0 Å². The quantitative estimate of drug-likeness (QED) is 0.923. The van der Waals surface area contributed by atoms with E-state index < -0.39 is 0 Å². The molecular weight excluding hydrogens is 302 g/mol. The van der Waals surface area contributed by atoms with Gasteiger partial charge in [-0.25, -0.2) is 0 Å². The molecule has 1 heterocycles. The maximum Gasteiger partial charge on any atom is 0.0413 e. The highest BCUT2D eigenvalue weighted by Gasteiger charge is 2.23. The van der Waals surface area contributed by atoms with Gasteiger partial charge in [-0.1, -0.05) is 15.9 Å². The van der Waals surface area contributed by atoms with E-state index in [4.69, 9.17) is 5.73 Å². The van der Waals surface area contributed by atoms with Crippen molar-refractivity contribution in [3.8, 4) is 0 Å². The van der Waals surface area contributed by atoms with E-state index in [2.05, 4.69) is 58.0 Å². The molecule has 1 aliphatic heterocycles. The molecule has 106 valence electrons. The van der Waals surface area contributed by atoms with Gasteiger partial charge in [0, 0.05) is 35.8 Å². The molecule has 0 amide bonds. The number of hydrogen-bond donors (Lipinski definition) is 1. The summed E-state index contributed by atoms with van der Waals surface area (Å²) in [5.41, 5.74) is 8.55. The summed E-state index contributed by atoms with van der Waals surface area (Å²) in [4.78, 5) is 4.80. The first-order valence-electron chi connectivity index (χ1n) is 6.95. The van der Waals surface area contributed by atoms with E-state index in [0.29, 0.717) is 6.04 Å². The van der Waals surface area contributed by atoms with Gasteiger partial charge in [0.2, 0.25) is 0 Å². The number of likely N-dealkylation sites (N-methyl/N-ethyl adjacent to an activating group) is 2. The maximum absolute atomic E-state index is 6.10. The second kappa shape index (κ2) is 6.25. The summed E-state index contributed by atoms with van der Waals surface area (Å²) in [7, 11) is 4.39. The fourth-order valence-corrected chi connectivity index (χ4v) is 3.24. The standard InChI is InChI=1S/C15H24BrN3/c1-11(17)14-9-12(16)6-7-15(14)19(3)10-13-5-4-8-18(13)2/h6-7,9,11,13H,4-5,8,10,17H2,1-3H3. The van der Waals surface area contributed by atoms with E-state index >= 15 is 0 Å². The highest BCUT2D eigenvalue weighted by atomic mass is 79.9. The van der Waals surface area contributed by atoms with Gasteiger partial charge in [0.1, 0.15) is 0 Å². The highest BCUT2D eigenvalue weighted by molar-refractivity contribution is 9.10. The Balaban J connectivity index is 2.16. The Morgan fingerprint density at radius 2 is 2.26 bits per heavy atom. The Bertz CT molecular complexity index is 433. The van der Waals surface area contributed by atoms with Crippen LogP contribution in [0.25, 0.3) is 0 Å². The molecule has 2 rings (SSSR count). The van der Waals surface area contributed by atoms with E-state index in [1.54, 1.807) is 0 Å². The molecule has 2 unspecified atom stereocenters. The molecule has 1 saturated heterocycles. The van der Waals surface area contributed by atoms with Gasteiger partial charge in [0.25, 0.3) is 0 Å². The molecule has 0 saturated carbocycles. The molecule has 0 radical (unpaired) electrons. The topological polar surface area (TPSA) is 32.5 Å². The number of anilines is 1. The molecule has 0 spiro atoms. The van der Waals surface area contributed by atoms with Crippen LogP contribution in [0.3, 0.4) is 0 Å². The summed E-state index contributed by atoms with van der Waals surface area (Å²) >= 11 is 3.53. The minimum atomic E-state index is 0.0521. The Kier molecular flexibility index (Phi) is 4.87. The summed E-state index contributed by atoms with van der Waals surface area (Å²) in [6.45, 7) is 4.33. The molecule has 19 heavy (non-hydrogen) atoms. The van der Waals surface area contributed by atoms with E-state index in [-0.39, 0.29) is 6.04 Å². The van der Waals surface area contributed by atoms with Crippen molar-refractivity contribution in [3.05, 3.63) is 28.2 Å². The van der Waals surface area contributed by atoms with Gasteiger partial charge in [0.15, 0.2) is 0 Å². The van der Waals surface area contributed by atoms with Crippen LogP contribution in [0.2, 0.25) is 0 Å². The third-order valence-electron chi connectivity index (χ3n) is 4.05. The van der Waals surface area contributed by atoms with Crippen LogP contribution in [-0.2, 0) is 0 Å². The van der Waals surface area contributed by atoms with E-state index in [9.17, 15) is 0 Å². The molecule has 2 N–H and O–H groups in total. The Hall–Kier alpha value is -0.580. The van der Waals surface area contributed by atoms with Crippen LogP contribution in [0.5, 0.6) is 0 Å². The van der Waals surface area contributed by atoms with E-state index in [0.717, 1.165) is 11.0 Å². The molecule has 1 fully saturated rings. The van der Waals surface area contributed by atoms with Crippen LogP contribution >= 0.6 is 15.9 Å². The van der Waals surface area contributed by atoms with Crippen molar-refractivity contribution in [3.63, 3.8) is 0 Å². The summed E-state index contributed by atoms with van der Waals surface area (Å²) < 4.78 is 1.09. The fourth-order valence-electron chi connectivity index (χ4n) is 2.86. The van der Waals surface area contributed by atoms with Crippen molar-refractivity contribution in [2.45, 2.75) is 31.8 Å². The first-order chi connectivity index (χ1) is 8.99. The van der Waals surface area contributed by atoms with Crippen molar-refractivity contribution in [1.82, 2.24) is 4.90 Å². The average molecular weight is 326 g/mol. The average Bonchev–Trinajstić information content (AvgIpc) is 2.74. The summed E-state index contributed by atoms with van der Waals surface area (Å²) in [5, 5.41) is 0. The van der Waals surface area contributed by atoms with Crippen LogP contribution in [0, 0.1) is 0 Å². The van der Waals surface area contributed by atoms with Gasteiger partial charge in [-0.2, -0.15) is 0 Å². The van der Waals surface area contributed by atoms with E-state index in [1.165, 1.54) is 30.6 Å². The maximum atomic E-state index is 6.10. The Morgan fingerprint density at radius 1 is 1.53 bits per heavy atom. The lowest BCUT2D eigenvalue weighted by Crippen LogP contribution is -2.37. The van der Waals surface area contributed by atoms with Crippen LogP contribution in [-0.4, -0.2) is 38.1 Å². The zero-order valence-corrected chi connectivity index (χ0v) is 13.7. The minimum absolute atomic E-state index is 0.0521. The third-order valence-corrected chi connectivity index (χ3v) is 4.54. The predicted octanol–water partition coefficient (Wildman–Crippen LogP) is 3.00. The molecule has 2 atom stereocenters. The molecule has 0 aromatic heterocycles. The molecule has 1 aliphatic rings. The Labute approximate surface area is 124 Å². The van der Waals surface area contributed by atoms with Crippen molar-refractivity contribution >= 4 is 21.6 Å². The summed E-state index contributed by atoms with van der Waals surface area (Å²) in [6.07, 6.45) is 2.61. The van der Waals surface area contributed by atoms with Gasteiger partial charge >= 0.3 is 0 Å². The summed E-state index contributed by atoms with van der Waals surface area (Å²) in [6, 6.07) is 7.11. The molecule has 4 heteroatoms. The van der Waals surface area contributed by atoms with Crippen molar-refractivity contribution in [2.24, 2.45) is 5.73 Å². The van der Waals surface area contributed by atoms with Crippen LogP contribution in [0.15, 0.2) is 22.7 Å². The lowest BCUT2D eigenvalue weighted by atomic mass is 10.1. The second-order valence-electron chi connectivity index (χ2n) is 5.65. The number of hydrogen-bond acceptors (Lipinski definition) is 3. The molecular formula is C15H24BrN3. The fraction of sp³-hybridized carbons (Fsp3) is 0.600. The van der Waals surface area contributed by atoms with Crippen molar-refractivity contribution < 1.29 is 0 Å². The normalized spacial score (nSPS) is 21.6. The molecule has 3 nitrogen and oxygen atoms in total. The Morgan fingerprint density at radius 3 is 2.84 bits per heavy atom. The zero-order chi connectivity index (χ0) is 14.0. The second-order valence-corrected chi connectivity index (χ2v) is 6.56. The number of nitrogens with zero attached hydrogens (tertiary/aromatic N) is 2. The first kappa shape index (κ1) is 14.8. The van der Waals surface area contributed by atoms with Gasteiger partial charge in [-0.3, -0.25) is 0 Å². The van der Waals surface area contributed by atoms with Gasteiger partial charge in [-0.15, -0.1) is 0 Å². The van der Waals surface area contributed by atoms with Crippen LogP contribution < -0.4 is 10.6 Å². The number of halogens is 1. The lowest BCUT2D eigenvalue weighted by Gasteiger charge is -2.29. The van der Waals surface area contributed by atoms with Crippen LogP contribution in [0.4, 0.5) is 5.69 Å². The summed E-state index contributed by atoms with van der Waals surface area (Å²) in [5.74, 6) is 0. The highest BCUT2D eigenvalue weighted by Crippen LogP contribution is 2.29.